The van der Waals surface area contributed by atoms with Crippen molar-refractivity contribution in [2.75, 3.05) is 28.4 Å². The van der Waals surface area contributed by atoms with Gasteiger partial charge in [-0.2, -0.15) is 4.99 Å². The molecule has 17 nitrogen and oxygen atoms in total. The Hall–Kier alpha value is -3.13. The summed E-state index contributed by atoms with van der Waals surface area (Å²) >= 11 is 0. The van der Waals surface area contributed by atoms with Crippen LogP contribution in [0.25, 0.3) is 0 Å². The van der Waals surface area contributed by atoms with Gasteiger partial charge in [-0.1, -0.05) is 20.8 Å². The molecule has 4 saturated heterocycles. The molecule has 4 fully saturated rings. The predicted molar refractivity (Wildman–Crippen MR) is 228 cm³/mol. The van der Waals surface area contributed by atoms with Crippen LogP contribution in [0, 0.1) is 17.8 Å². The molecule has 0 unspecified atom stereocenters. The molecule has 62 heavy (non-hydrogen) atoms. The molecule has 17 heteroatoms. The third-order valence-corrected chi connectivity index (χ3v) is 13.8. The Morgan fingerprint density at radius 2 is 1.53 bits per heavy atom. The molecule has 18 atom stereocenters. The quantitative estimate of drug-likeness (QED) is 0.260. The van der Waals surface area contributed by atoms with Gasteiger partial charge in [0.2, 0.25) is 5.91 Å². The molecule has 0 radical (unpaired) electrons. The summed E-state index contributed by atoms with van der Waals surface area (Å²) in [5, 5.41) is 37.1. The van der Waals surface area contributed by atoms with E-state index in [9.17, 15) is 24.9 Å². The number of aliphatic imine (C=N–C) groups is 1. The van der Waals surface area contributed by atoms with Gasteiger partial charge in [0.25, 0.3) is 6.02 Å². The van der Waals surface area contributed by atoms with Crippen molar-refractivity contribution >= 4 is 23.6 Å². The smallest absolute Gasteiger partial charge is 0.311 e. The van der Waals surface area contributed by atoms with Crippen LogP contribution in [0.1, 0.15) is 94.9 Å². The summed E-state index contributed by atoms with van der Waals surface area (Å²) < 4.78 is 57.0. The fraction of sp³-hybridized carbons (Fsp3) is 0.800. The number of methoxy groups -OCH3 is 3. The normalized spacial score (nSPS) is 44.4. The number of aliphatic hydroxyl groups is 3. The van der Waals surface area contributed by atoms with Crippen molar-refractivity contribution in [3.05, 3.63) is 24.3 Å². The van der Waals surface area contributed by atoms with Gasteiger partial charge in [0.05, 0.1) is 66.4 Å². The van der Waals surface area contributed by atoms with E-state index in [1.54, 1.807) is 48.7 Å². The highest BCUT2D eigenvalue weighted by atomic mass is 16.7. The number of nitrogens with zero attached hydrogens (tertiary/aromatic N) is 2. The number of ether oxygens (including phenoxy) is 9. The van der Waals surface area contributed by atoms with E-state index in [-0.39, 0.29) is 31.4 Å². The third kappa shape index (κ3) is 10.4. The number of cyclic esters (lactones) is 1. The number of rotatable bonds is 9. The van der Waals surface area contributed by atoms with Crippen LogP contribution in [-0.2, 0) is 47.5 Å². The number of esters is 1. The Labute approximate surface area is 367 Å². The minimum atomic E-state index is -1.96. The van der Waals surface area contributed by atoms with Gasteiger partial charge in [0.15, 0.2) is 18.7 Å². The highest BCUT2D eigenvalue weighted by molar-refractivity contribution is 5.80. The number of aliphatic hydroxyl groups excluding tert-OH is 2. The number of likely N-dealkylation sites (N-methyl/N-ethyl adjacent to an activating group) is 1. The van der Waals surface area contributed by atoms with Crippen LogP contribution in [0.5, 0.6) is 5.75 Å². The molecule has 1 aromatic carbocycles. The van der Waals surface area contributed by atoms with Gasteiger partial charge in [-0.3, -0.25) is 9.59 Å². The van der Waals surface area contributed by atoms with Crippen molar-refractivity contribution in [1.82, 2.24) is 10.2 Å². The molecule has 4 aliphatic rings. The number of hydrogen-bond donors (Lipinski definition) is 4. The van der Waals surface area contributed by atoms with Gasteiger partial charge in [-0.15, -0.1) is 0 Å². The highest BCUT2D eigenvalue weighted by Crippen LogP contribution is 2.42. The molecular formula is C45H73N3O14. The second kappa shape index (κ2) is 19.9. The largest absolute Gasteiger partial charge is 0.497 e. The Morgan fingerprint density at radius 3 is 2.13 bits per heavy atom. The average molecular weight is 880 g/mol. The van der Waals surface area contributed by atoms with Crippen molar-refractivity contribution < 1.29 is 67.5 Å². The maximum absolute atomic E-state index is 14.5. The predicted octanol–water partition coefficient (Wildman–Crippen LogP) is 3.84. The molecule has 4 N–H and O–H groups in total. The SMILES string of the molecule is CC[C@H]1OC(=O)[C@H](C)[C@@H](O[C@H]2C[C@@](C)(OC)[C@@H](O)[C@H](C)O2)[C@H](C)[C@@H](O[C@@H]2O[C@H](C)C[C@H]3[C@H]2OC(=Nc2ccc(OC)cc2)N3C)[C@](C)(OC)C[C@@H](C)C(=O)N[C@H](C)[C@@H](O)[C@]1(C)O. The molecule has 0 bridgehead atoms. The van der Waals surface area contributed by atoms with Gasteiger partial charge in [0, 0.05) is 39.5 Å². The zero-order chi connectivity index (χ0) is 46.1. The van der Waals surface area contributed by atoms with Crippen LogP contribution in [0.4, 0.5) is 5.69 Å². The molecular weight excluding hydrogens is 807 g/mol. The van der Waals surface area contributed by atoms with Crippen LogP contribution in [0.3, 0.4) is 0 Å². The van der Waals surface area contributed by atoms with E-state index in [0.717, 1.165) is 0 Å². The third-order valence-electron chi connectivity index (χ3n) is 13.8. The maximum atomic E-state index is 14.5. The van der Waals surface area contributed by atoms with Gasteiger partial charge >= 0.3 is 5.97 Å². The molecule has 352 valence electrons. The minimum absolute atomic E-state index is 0.110. The van der Waals surface area contributed by atoms with Crippen LogP contribution in [-0.4, -0.2) is 157 Å². The Morgan fingerprint density at radius 1 is 0.887 bits per heavy atom. The van der Waals surface area contributed by atoms with Gasteiger partial charge < -0.3 is 68.2 Å². The highest BCUT2D eigenvalue weighted by Gasteiger charge is 2.55. The van der Waals surface area contributed by atoms with Crippen LogP contribution < -0.4 is 10.1 Å². The first kappa shape index (κ1) is 49.9. The monoisotopic (exact) mass is 880 g/mol. The van der Waals surface area contributed by atoms with E-state index in [1.165, 1.54) is 21.1 Å². The lowest BCUT2D eigenvalue weighted by Gasteiger charge is -2.49. The zero-order valence-electron chi connectivity index (χ0n) is 39.0. The number of carbonyl (C=O) groups excluding carboxylic acids is 2. The number of hydrogen-bond acceptors (Lipinski definition) is 15. The van der Waals surface area contributed by atoms with Crippen molar-refractivity contribution in [3.63, 3.8) is 0 Å². The topological polar surface area (TPSA) is 206 Å². The summed E-state index contributed by atoms with van der Waals surface area (Å²) in [4.78, 5) is 35.2. The van der Waals surface area contributed by atoms with E-state index in [4.69, 9.17) is 47.6 Å². The van der Waals surface area contributed by atoms with Crippen LogP contribution in [0.2, 0.25) is 0 Å². The average Bonchev–Trinajstić information content (AvgIpc) is 3.55. The van der Waals surface area contributed by atoms with Gasteiger partial charge in [-0.05, 0) is 92.0 Å². The summed E-state index contributed by atoms with van der Waals surface area (Å²) in [6.45, 7) is 17.3. The fourth-order valence-corrected chi connectivity index (χ4v) is 9.62. The molecule has 0 saturated carbocycles. The first-order valence-electron chi connectivity index (χ1n) is 22.0. The van der Waals surface area contributed by atoms with E-state index >= 15 is 0 Å². The maximum Gasteiger partial charge on any atom is 0.311 e. The number of carbonyl (C=O) groups is 2. The summed E-state index contributed by atoms with van der Waals surface area (Å²) in [6.07, 6.45) is -8.23. The Kier molecular flexibility index (Phi) is 16.0. The molecule has 5 rings (SSSR count). The minimum Gasteiger partial charge on any atom is -0.497 e. The summed E-state index contributed by atoms with van der Waals surface area (Å²) in [5.41, 5.74) is -3.60. The number of benzene rings is 1. The van der Waals surface area contributed by atoms with E-state index in [1.807, 2.05) is 57.0 Å². The Balaban J connectivity index is 1.61. The van der Waals surface area contributed by atoms with E-state index in [2.05, 4.69) is 5.32 Å². The van der Waals surface area contributed by atoms with Gasteiger partial charge in [0.1, 0.15) is 29.7 Å². The number of amides is 1. The summed E-state index contributed by atoms with van der Waals surface area (Å²) in [7, 11) is 6.56. The van der Waals surface area contributed by atoms with Gasteiger partial charge in [-0.25, -0.2) is 0 Å². The van der Waals surface area contributed by atoms with Crippen molar-refractivity contribution in [2.45, 2.75) is 185 Å². The number of fused-ring (bicyclic) bond motifs is 1. The lowest BCUT2D eigenvalue weighted by molar-refractivity contribution is -0.315. The second-order valence-electron chi connectivity index (χ2n) is 18.6. The summed E-state index contributed by atoms with van der Waals surface area (Å²) in [5.74, 6) is -2.88. The fourth-order valence-electron chi connectivity index (χ4n) is 9.62. The van der Waals surface area contributed by atoms with Crippen molar-refractivity contribution in [2.24, 2.45) is 22.7 Å². The van der Waals surface area contributed by atoms with Crippen molar-refractivity contribution in [1.29, 1.82) is 0 Å². The summed E-state index contributed by atoms with van der Waals surface area (Å²) in [6, 6.07) is 6.57. The molecule has 4 aliphatic heterocycles. The van der Waals surface area contributed by atoms with Crippen molar-refractivity contribution in [3.8, 4) is 5.75 Å². The first-order valence-corrected chi connectivity index (χ1v) is 22.0. The van der Waals surface area contributed by atoms with E-state index < -0.39 is 108 Å². The lowest BCUT2D eigenvalue weighted by atomic mass is 9.77. The lowest BCUT2D eigenvalue weighted by Crippen LogP contribution is -2.60. The zero-order valence-corrected chi connectivity index (χ0v) is 39.0. The molecule has 1 amide bonds. The molecule has 4 heterocycles. The Bertz CT molecular complexity index is 1700. The first-order chi connectivity index (χ1) is 29.0. The molecule has 0 aromatic heterocycles. The standard InChI is InChI=1S/C45H73N3O14/c1-15-32-45(10,53)36(49)27(6)46-39(51)23(2)21-44(9,56-14)38(25(4)34(26(5)40(52)59-32)60-33-22-43(8,55-13)37(50)28(7)58-33)62-41-35-31(20-24(3)57-41)48(11)42(61-35)47-29-16-18-30(54-12)19-17-29/h16-19,23-28,31-38,41,49-50,53H,15,20-22H2,1-14H3,(H,46,51)/t23-,24-,25+,26-,27-,28+,31+,32-,33+,34+,35-,36-,37+,38-,41+,43-,44-,45-/m1/s1. The molecule has 0 aliphatic carbocycles. The van der Waals surface area contributed by atoms with E-state index in [0.29, 0.717) is 23.9 Å². The molecule has 1 aromatic rings. The van der Waals surface area contributed by atoms with Crippen LogP contribution >= 0.6 is 0 Å². The molecule has 0 spiro atoms. The second-order valence-corrected chi connectivity index (χ2v) is 18.6. The number of amidine groups is 1. The number of nitrogens with one attached hydrogen (secondary N) is 1. The van der Waals surface area contributed by atoms with Crippen LogP contribution in [0.15, 0.2) is 29.3 Å².